The molecule has 0 heterocycles. The van der Waals surface area contributed by atoms with Crippen LogP contribution in [0.1, 0.15) is 52.5 Å². The fraction of sp³-hybridized carbons (Fsp3) is 0.222. The van der Waals surface area contributed by atoms with Gasteiger partial charge >= 0.3 is 6.18 Å². The number of rotatable bonds is 9. The van der Waals surface area contributed by atoms with Crippen molar-refractivity contribution >= 4 is 40.5 Å². The third kappa shape index (κ3) is 8.60. The van der Waals surface area contributed by atoms with Crippen LogP contribution in [-0.2, 0) is 6.18 Å². The fourth-order valence-electron chi connectivity index (χ4n) is 3.26. The lowest BCUT2D eigenvalue weighted by molar-refractivity contribution is -0.137. The second-order valence-corrected chi connectivity index (χ2v) is 8.51. The zero-order chi connectivity index (χ0) is 26.8. The zero-order valence-corrected chi connectivity index (χ0v) is 20.8. The predicted molar refractivity (Wildman–Crippen MR) is 141 cm³/mol. The van der Waals surface area contributed by atoms with E-state index in [-0.39, 0.29) is 16.4 Å². The van der Waals surface area contributed by atoms with Gasteiger partial charge in [0, 0.05) is 22.5 Å². The Balaban J connectivity index is 1.50. The molecule has 37 heavy (non-hydrogen) atoms. The number of halogens is 3. The molecule has 0 fully saturated rings. The summed E-state index contributed by atoms with van der Waals surface area (Å²) in [6, 6.07) is 17.2. The molecule has 0 radical (unpaired) electrons. The first-order chi connectivity index (χ1) is 17.7. The summed E-state index contributed by atoms with van der Waals surface area (Å²) in [5, 5.41) is 7.94. The number of hydrogen-bond donors (Lipinski definition) is 3. The van der Waals surface area contributed by atoms with Gasteiger partial charge in [-0.15, -0.1) is 0 Å². The highest BCUT2D eigenvalue weighted by Crippen LogP contribution is 2.30. The van der Waals surface area contributed by atoms with Crippen LogP contribution in [0.15, 0.2) is 72.8 Å². The summed E-state index contributed by atoms with van der Waals surface area (Å²) in [4.78, 5) is 24.9. The molecule has 0 atom stereocenters. The first-order valence-corrected chi connectivity index (χ1v) is 12.0. The van der Waals surface area contributed by atoms with Crippen molar-refractivity contribution in [2.75, 3.05) is 17.2 Å². The summed E-state index contributed by atoms with van der Waals surface area (Å²) in [6.07, 6.45) is -1.33. The monoisotopic (exact) mass is 529 g/mol. The molecule has 0 saturated carbocycles. The van der Waals surface area contributed by atoms with E-state index in [1.807, 2.05) is 0 Å². The number of anilines is 2. The number of carbonyl (C=O) groups excluding carboxylic acids is 2. The minimum atomic E-state index is -4.51. The minimum Gasteiger partial charge on any atom is -0.494 e. The minimum absolute atomic E-state index is 0.0296. The predicted octanol–water partition coefficient (Wildman–Crippen LogP) is 6.65. The number of unbranched alkanes of at least 4 members (excludes halogenated alkanes) is 2. The van der Waals surface area contributed by atoms with Gasteiger partial charge in [-0.2, -0.15) is 13.2 Å². The lowest BCUT2D eigenvalue weighted by Gasteiger charge is -2.12. The Morgan fingerprint density at radius 3 is 2.14 bits per heavy atom. The Morgan fingerprint density at radius 1 is 0.838 bits per heavy atom. The van der Waals surface area contributed by atoms with Crippen LogP contribution in [-0.4, -0.2) is 23.5 Å². The fourth-order valence-corrected chi connectivity index (χ4v) is 3.47. The van der Waals surface area contributed by atoms with Crippen LogP contribution in [0.25, 0.3) is 0 Å². The van der Waals surface area contributed by atoms with Crippen molar-refractivity contribution in [1.82, 2.24) is 5.32 Å². The molecule has 0 spiro atoms. The third-order valence-corrected chi connectivity index (χ3v) is 5.42. The number of hydrogen-bond acceptors (Lipinski definition) is 4. The molecule has 3 N–H and O–H groups in total. The highest BCUT2D eigenvalue weighted by molar-refractivity contribution is 7.80. The molecular formula is C27H26F3N3O3S. The van der Waals surface area contributed by atoms with Gasteiger partial charge < -0.3 is 15.4 Å². The molecule has 0 bridgehead atoms. The molecule has 0 aliphatic rings. The summed E-state index contributed by atoms with van der Waals surface area (Å²) >= 11 is 5.19. The average molecular weight is 530 g/mol. The maximum absolute atomic E-state index is 12.9. The Kier molecular flexibility index (Phi) is 9.62. The number of benzene rings is 3. The second-order valence-electron chi connectivity index (χ2n) is 8.10. The summed E-state index contributed by atoms with van der Waals surface area (Å²) in [5.41, 5.74) is 0.326. The molecule has 2 amide bonds. The Hall–Kier alpha value is -3.92. The number of amides is 2. The molecule has 3 aromatic carbocycles. The molecule has 0 aromatic heterocycles. The molecule has 194 valence electrons. The van der Waals surface area contributed by atoms with Crippen molar-refractivity contribution in [3.8, 4) is 5.75 Å². The molecule has 10 heteroatoms. The molecule has 3 aromatic rings. The second kappa shape index (κ2) is 12.9. The highest BCUT2D eigenvalue weighted by atomic mass is 32.1. The number of thiocarbonyl (C=S) groups is 1. The van der Waals surface area contributed by atoms with Crippen molar-refractivity contribution in [2.45, 2.75) is 32.4 Å². The van der Waals surface area contributed by atoms with E-state index < -0.39 is 23.6 Å². The van der Waals surface area contributed by atoms with Gasteiger partial charge in [0.25, 0.3) is 11.8 Å². The van der Waals surface area contributed by atoms with Gasteiger partial charge in [0.1, 0.15) is 5.75 Å². The van der Waals surface area contributed by atoms with Gasteiger partial charge in [-0.05, 0) is 85.4 Å². The summed E-state index contributed by atoms with van der Waals surface area (Å²) in [7, 11) is 0. The molecule has 0 unspecified atom stereocenters. The standard InChI is InChI=1S/C27H26F3N3O3S/c1-2-3-4-16-36-23-14-10-19(11-15-23)25(35)33-26(37)32-21-12-8-18(9-13-21)24(34)31-22-7-5-6-20(17-22)27(28,29)30/h5-15,17H,2-4,16H2,1H3,(H,31,34)(H2,32,33,35,37). The normalized spacial score (nSPS) is 10.9. The Morgan fingerprint density at radius 2 is 1.49 bits per heavy atom. The van der Waals surface area contributed by atoms with Crippen LogP contribution in [0.5, 0.6) is 5.75 Å². The summed E-state index contributed by atoms with van der Waals surface area (Å²) in [6.45, 7) is 2.74. The number of alkyl halides is 3. The maximum Gasteiger partial charge on any atom is 0.416 e. The van der Waals surface area contributed by atoms with Crippen LogP contribution in [0.4, 0.5) is 24.5 Å². The van der Waals surface area contributed by atoms with Crippen molar-refractivity contribution in [3.63, 3.8) is 0 Å². The van der Waals surface area contributed by atoms with E-state index in [4.69, 9.17) is 17.0 Å². The molecule has 3 rings (SSSR count). The van der Waals surface area contributed by atoms with Crippen molar-refractivity contribution in [1.29, 1.82) is 0 Å². The van der Waals surface area contributed by atoms with E-state index in [1.54, 1.807) is 36.4 Å². The Bertz CT molecular complexity index is 1230. The lowest BCUT2D eigenvalue weighted by atomic mass is 10.1. The van der Waals surface area contributed by atoms with Gasteiger partial charge in [0.2, 0.25) is 0 Å². The first kappa shape index (κ1) is 27.7. The van der Waals surface area contributed by atoms with Gasteiger partial charge in [-0.1, -0.05) is 25.8 Å². The van der Waals surface area contributed by atoms with E-state index in [2.05, 4.69) is 22.9 Å². The van der Waals surface area contributed by atoms with Gasteiger partial charge in [-0.25, -0.2) is 0 Å². The van der Waals surface area contributed by atoms with Crippen molar-refractivity contribution < 1.29 is 27.5 Å². The number of nitrogens with one attached hydrogen (secondary N) is 3. The highest BCUT2D eigenvalue weighted by Gasteiger charge is 2.30. The van der Waals surface area contributed by atoms with E-state index in [0.29, 0.717) is 23.6 Å². The van der Waals surface area contributed by atoms with Crippen LogP contribution in [0.3, 0.4) is 0 Å². The SMILES string of the molecule is CCCCCOc1ccc(C(=O)NC(=S)Nc2ccc(C(=O)Nc3cccc(C(F)(F)F)c3)cc2)cc1. The molecule has 0 aliphatic heterocycles. The van der Waals surface area contributed by atoms with Crippen LogP contribution in [0, 0.1) is 0 Å². The number of carbonyl (C=O) groups is 2. The van der Waals surface area contributed by atoms with Crippen molar-refractivity contribution in [2.24, 2.45) is 0 Å². The zero-order valence-electron chi connectivity index (χ0n) is 20.0. The van der Waals surface area contributed by atoms with Crippen molar-refractivity contribution in [3.05, 3.63) is 89.5 Å². The van der Waals surface area contributed by atoms with Crippen LogP contribution >= 0.6 is 12.2 Å². The van der Waals surface area contributed by atoms with E-state index in [9.17, 15) is 22.8 Å². The largest absolute Gasteiger partial charge is 0.494 e. The molecule has 6 nitrogen and oxygen atoms in total. The molecular weight excluding hydrogens is 503 g/mol. The third-order valence-electron chi connectivity index (χ3n) is 5.21. The maximum atomic E-state index is 12.9. The van der Waals surface area contributed by atoms with Gasteiger partial charge in [0.15, 0.2) is 5.11 Å². The first-order valence-electron chi connectivity index (χ1n) is 11.6. The molecule has 0 saturated heterocycles. The van der Waals surface area contributed by atoms with Gasteiger partial charge in [0.05, 0.1) is 12.2 Å². The quantitative estimate of drug-likeness (QED) is 0.214. The topological polar surface area (TPSA) is 79.5 Å². The lowest BCUT2D eigenvalue weighted by Crippen LogP contribution is -2.34. The average Bonchev–Trinajstić information content (AvgIpc) is 2.87. The van der Waals surface area contributed by atoms with Gasteiger partial charge in [-0.3, -0.25) is 14.9 Å². The number of ether oxygens (including phenoxy) is 1. The smallest absolute Gasteiger partial charge is 0.416 e. The molecule has 0 aliphatic carbocycles. The van der Waals surface area contributed by atoms with E-state index >= 15 is 0 Å². The van der Waals surface area contributed by atoms with E-state index in [0.717, 1.165) is 31.4 Å². The van der Waals surface area contributed by atoms with Crippen LogP contribution in [0.2, 0.25) is 0 Å². The van der Waals surface area contributed by atoms with Crippen LogP contribution < -0.4 is 20.7 Å². The summed E-state index contributed by atoms with van der Waals surface area (Å²) in [5.74, 6) is -0.280. The summed E-state index contributed by atoms with van der Waals surface area (Å²) < 4.78 is 44.2. The Labute approximate surface area is 218 Å². The van der Waals surface area contributed by atoms with E-state index in [1.165, 1.54) is 24.3 Å².